The Morgan fingerprint density at radius 2 is 1.75 bits per heavy atom. The molecule has 0 fully saturated rings. The van der Waals surface area contributed by atoms with E-state index in [9.17, 15) is 17.6 Å². The minimum Gasteiger partial charge on any atom is -0.322 e. The third-order valence-corrected chi connectivity index (χ3v) is 6.04. The van der Waals surface area contributed by atoms with Gasteiger partial charge in [0.2, 0.25) is 10.0 Å². The van der Waals surface area contributed by atoms with Crippen LogP contribution in [0.3, 0.4) is 0 Å². The van der Waals surface area contributed by atoms with Gasteiger partial charge in [-0.3, -0.25) is 4.79 Å². The van der Waals surface area contributed by atoms with Crippen LogP contribution >= 0.6 is 11.6 Å². The quantitative estimate of drug-likeness (QED) is 0.425. The number of fused-ring (bicyclic) bond motifs is 1. The fourth-order valence-electron chi connectivity index (χ4n) is 3.24. The molecular formula is C23H17ClFN3O3S. The smallest absolute Gasteiger partial charge is 0.255 e. The number of halogens is 2. The van der Waals surface area contributed by atoms with Gasteiger partial charge in [0.25, 0.3) is 5.91 Å². The van der Waals surface area contributed by atoms with Gasteiger partial charge in [-0.15, -0.1) is 0 Å². The zero-order chi connectivity index (χ0) is 22.9. The Kier molecular flexibility index (Phi) is 5.82. The molecule has 6 nitrogen and oxygen atoms in total. The molecule has 4 aromatic rings. The molecule has 32 heavy (non-hydrogen) atoms. The minimum atomic E-state index is -3.77. The molecule has 0 atom stereocenters. The fraction of sp³-hybridized carbons (Fsp3) is 0.0435. The number of hydrogen-bond acceptors (Lipinski definition) is 4. The SMILES string of the molecule is CS(=O)(=O)N(c1ccc2ccccc2c1)c1cc(C(=O)Nc2ccc(F)c(Cl)c2)ccn1. The van der Waals surface area contributed by atoms with E-state index in [-0.39, 0.29) is 16.4 Å². The zero-order valence-corrected chi connectivity index (χ0v) is 18.4. The normalized spacial score (nSPS) is 11.3. The molecule has 0 spiro atoms. The summed E-state index contributed by atoms with van der Waals surface area (Å²) in [6, 6.07) is 19.4. The van der Waals surface area contributed by atoms with Crippen LogP contribution in [0, 0.1) is 5.82 Å². The van der Waals surface area contributed by atoms with Crippen molar-refractivity contribution in [1.82, 2.24) is 4.98 Å². The Hall–Kier alpha value is -3.49. The van der Waals surface area contributed by atoms with Gasteiger partial charge in [-0.05, 0) is 53.2 Å². The number of carbonyl (C=O) groups excluding carboxylic acids is 1. The first-order valence-corrected chi connectivity index (χ1v) is 11.7. The van der Waals surface area contributed by atoms with Crippen molar-refractivity contribution in [2.45, 2.75) is 0 Å². The number of amides is 1. The van der Waals surface area contributed by atoms with Gasteiger partial charge in [0.15, 0.2) is 0 Å². The average molecular weight is 470 g/mol. The Labute approximate surface area is 189 Å². The van der Waals surface area contributed by atoms with Crippen molar-refractivity contribution < 1.29 is 17.6 Å². The Balaban J connectivity index is 1.70. The van der Waals surface area contributed by atoms with E-state index in [2.05, 4.69) is 10.3 Å². The first-order valence-electron chi connectivity index (χ1n) is 9.44. The average Bonchev–Trinajstić information content (AvgIpc) is 2.75. The molecule has 0 radical (unpaired) electrons. The molecule has 0 aliphatic heterocycles. The number of nitrogens with zero attached hydrogens (tertiary/aromatic N) is 2. The van der Waals surface area contributed by atoms with Crippen LogP contribution in [-0.4, -0.2) is 25.6 Å². The van der Waals surface area contributed by atoms with Crippen molar-refractivity contribution in [2.75, 3.05) is 15.9 Å². The van der Waals surface area contributed by atoms with Crippen molar-refractivity contribution in [1.29, 1.82) is 0 Å². The summed E-state index contributed by atoms with van der Waals surface area (Å²) < 4.78 is 39.7. The van der Waals surface area contributed by atoms with Crippen molar-refractivity contribution in [3.8, 4) is 0 Å². The predicted molar refractivity (Wildman–Crippen MR) is 125 cm³/mol. The lowest BCUT2D eigenvalue weighted by atomic mass is 10.1. The first kappa shape index (κ1) is 21.7. The van der Waals surface area contributed by atoms with E-state index in [0.29, 0.717) is 11.4 Å². The van der Waals surface area contributed by atoms with Gasteiger partial charge < -0.3 is 5.32 Å². The number of aromatic nitrogens is 1. The maximum atomic E-state index is 13.4. The molecule has 162 valence electrons. The molecule has 1 heterocycles. The van der Waals surface area contributed by atoms with Gasteiger partial charge in [-0.2, -0.15) is 0 Å². The second-order valence-corrected chi connectivity index (χ2v) is 9.28. The standard InChI is InChI=1S/C23H17ClFN3O3S/c1-32(30,31)28(19-8-6-15-4-2-3-5-16(15)12-19)22-13-17(10-11-26-22)23(29)27-18-7-9-21(25)20(24)14-18/h2-14H,1H3,(H,27,29). The summed E-state index contributed by atoms with van der Waals surface area (Å²) in [5, 5.41) is 4.31. The minimum absolute atomic E-state index is 0.0626. The van der Waals surface area contributed by atoms with E-state index >= 15 is 0 Å². The van der Waals surface area contributed by atoms with Crippen LogP contribution < -0.4 is 9.62 Å². The van der Waals surface area contributed by atoms with Crippen molar-refractivity contribution in [3.63, 3.8) is 0 Å². The van der Waals surface area contributed by atoms with Crippen LogP contribution in [0.2, 0.25) is 5.02 Å². The molecular weight excluding hydrogens is 453 g/mol. The van der Waals surface area contributed by atoms with Gasteiger partial charge in [0.05, 0.1) is 17.0 Å². The van der Waals surface area contributed by atoms with Crippen molar-refractivity contribution in [2.24, 2.45) is 0 Å². The summed E-state index contributed by atoms with van der Waals surface area (Å²) in [5.41, 5.74) is 0.862. The summed E-state index contributed by atoms with van der Waals surface area (Å²) in [6.07, 6.45) is 2.41. The number of rotatable bonds is 5. The lowest BCUT2D eigenvalue weighted by Gasteiger charge is -2.22. The molecule has 0 unspecified atom stereocenters. The number of nitrogens with one attached hydrogen (secondary N) is 1. The van der Waals surface area contributed by atoms with Gasteiger partial charge in [-0.1, -0.05) is 41.9 Å². The molecule has 0 aliphatic carbocycles. The monoisotopic (exact) mass is 469 g/mol. The Morgan fingerprint density at radius 3 is 2.47 bits per heavy atom. The summed E-state index contributed by atoms with van der Waals surface area (Å²) in [5.74, 6) is -1.06. The van der Waals surface area contributed by atoms with Crippen LogP contribution in [0.4, 0.5) is 21.6 Å². The van der Waals surface area contributed by atoms with E-state index in [1.807, 2.05) is 30.3 Å². The van der Waals surface area contributed by atoms with Gasteiger partial charge in [-0.25, -0.2) is 22.1 Å². The second kappa shape index (κ2) is 8.57. The number of carbonyl (C=O) groups is 1. The molecule has 9 heteroatoms. The molecule has 0 saturated carbocycles. The van der Waals surface area contributed by atoms with Crippen molar-refractivity contribution in [3.05, 3.63) is 95.4 Å². The predicted octanol–water partition coefficient (Wildman–Crippen LogP) is 5.38. The highest BCUT2D eigenvalue weighted by Crippen LogP contribution is 2.30. The summed E-state index contributed by atoms with van der Waals surface area (Å²) >= 11 is 5.76. The summed E-state index contributed by atoms with van der Waals surface area (Å²) in [4.78, 5) is 16.9. The molecule has 0 saturated heterocycles. The zero-order valence-electron chi connectivity index (χ0n) is 16.8. The maximum Gasteiger partial charge on any atom is 0.255 e. The molecule has 1 N–H and O–H groups in total. The van der Waals surface area contributed by atoms with Crippen LogP contribution in [-0.2, 0) is 10.0 Å². The highest BCUT2D eigenvalue weighted by Gasteiger charge is 2.22. The number of anilines is 3. The maximum absolute atomic E-state index is 13.4. The molecule has 4 rings (SSSR count). The second-order valence-electron chi connectivity index (χ2n) is 7.04. The lowest BCUT2D eigenvalue weighted by molar-refractivity contribution is 0.102. The van der Waals surface area contributed by atoms with Gasteiger partial charge in [0.1, 0.15) is 11.6 Å². The third kappa shape index (κ3) is 4.56. The van der Waals surface area contributed by atoms with E-state index in [1.165, 1.54) is 30.5 Å². The van der Waals surface area contributed by atoms with E-state index in [4.69, 9.17) is 11.6 Å². The summed E-state index contributed by atoms with van der Waals surface area (Å²) in [6.45, 7) is 0. The van der Waals surface area contributed by atoms with E-state index in [0.717, 1.165) is 27.4 Å². The van der Waals surface area contributed by atoms with Crippen molar-refractivity contribution >= 4 is 55.5 Å². The number of benzene rings is 3. The number of pyridine rings is 1. The highest BCUT2D eigenvalue weighted by atomic mass is 35.5. The molecule has 3 aromatic carbocycles. The van der Waals surface area contributed by atoms with Gasteiger partial charge in [0, 0.05) is 17.4 Å². The fourth-order valence-corrected chi connectivity index (χ4v) is 4.36. The highest BCUT2D eigenvalue weighted by molar-refractivity contribution is 7.92. The topological polar surface area (TPSA) is 79.4 Å². The molecule has 1 amide bonds. The van der Waals surface area contributed by atoms with Crippen LogP contribution in [0.5, 0.6) is 0 Å². The Bertz CT molecular complexity index is 1440. The van der Waals surface area contributed by atoms with Crippen LogP contribution in [0.25, 0.3) is 10.8 Å². The number of hydrogen-bond donors (Lipinski definition) is 1. The molecule has 1 aromatic heterocycles. The van der Waals surface area contributed by atoms with Crippen LogP contribution in [0.1, 0.15) is 10.4 Å². The van der Waals surface area contributed by atoms with E-state index < -0.39 is 21.7 Å². The summed E-state index contributed by atoms with van der Waals surface area (Å²) in [7, 11) is -3.77. The number of sulfonamides is 1. The van der Waals surface area contributed by atoms with Crippen LogP contribution in [0.15, 0.2) is 79.0 Å². The molecule has 0 bridgehead atoms. The van der Waals surface area contributed by atoms with Gasteiger partial charge >= 0.3 is 0 Å². The lowest BCUT2D eigenvalue weighted by Crippen LogP contribution is -2.26. The first-order chi connectivity index (χ1) is 15.2. The third-order valence-electron chi connectivity index (χ3n) is 4.69. The Morgan fingerprint density at radius 1 is 1.00 bits per heavy atom. The van der Waals surface area contributed by atoms with E-state index in [1.54, 1.807) is 12.1 Å². The molecule has 0 aliphatic rings. The largest absolute Gasteiger partial charge is 0.322 e.